The van der Waals surface area contributed by atoms with Crippen LogP contribution in [0.2, 0.25) is 0 Å². The SMILES string of the molecule is CCNC(=NCc1ccc(CN2CCCCC2)cc1)NCCCCn1ccnc1C.I. The lowest BCUT2D eigenvalue weighted by atomic mass is 10.1. The Morgan fingerprint density at radius 1 is 1.03 bits per heavy atom. The number of nitrogens with zero attached hydrogens (tertiary/aromatic N) is 4. The Morgan fingerprint density at radius 3 is 2.45 bits per heavy atom. The third-order valence-corrected chi connectivity index (χ3v) is 5.68. The van der Waals surface area contributed by atoms with E-state index in [9.17, 15) is 0 Å². The number of rotatable bonds is 10. The van der Waals surface area contributed by atoms with Gasteiger partial charge in [0.2, 0.25) is 0 Å². The number of halogens is 1. The largest absolute Gasteiger partial charge is 0.357 e. The zero-order valence-corrected chi connectivity index (χ0v) is 21.5. The third kappa shape index (κ3) is 9.19. The highest BCUT2D eigenvalue weighted by molar-refractivity contribution is 14.0. The first kappa shape index (κ1) is 25.6. The van der Waals surface area contributed by atoms with Gasteiger partial charge in [-0.2, -0.15) is 0 Å². The Hall–Kier alpha value is -1.61. The Labute approximate surface area is 204 Å². The van der Waals surface area contributed by atoms with Crippen molar-refractivity contribution in [1.82, 2.24) is 25.1 Å². The molecule has 31 heavy (non-hydrogen) atoms. The maximum atomic E-state index is 4.76. The van der Waals surface area contributed by atoms with E-state index >= 15 is 0 Å². The number of likely N-dealkylation sites (tertiary alicyclic amines) is 1. The van der Waals surface area contributed by atoms with Crippen LogP contribution >= 0.6 is 24.0 Å². The molecule has 7 heteroatoms. The normalized spacial score (nSPS) is 14.8. The highest BCUT2D eigenvalue weighted by atomic mass is 127. The van der Waals surface area contributed by atoms with Gasteiger partial charge in [0, 0.05) is 38.6 Å². The number of hydrogen-bond acceptors (Lipinski definition) is 3. The summed E-state index contributed by atoms with van der Waals surface area (Å²) >= 11 is 0. The summed E-state index contributed by atoms with van der Waals surface area (Å²) in [4.78, 5) is 11.6. The van der Waals surface area contributed by atoms with Crippen LogP contribution in [0.25, 0.3) is 0 Å². The minimum atomic E-state index is 0. The lowest BCUT2D eigenvalue weighted by Crippen LogP contribution is -2.37. The summed E-state index contributed by atoms with van der Waals surface area (Å²) in [7, 11) is 0. The Morgan fingerprint density at radius 2 is 1.77 bits per heavy atom. The van der Waals surface area contributed by atoms with Gasteiger partial charge in [0.1, 0.15) is 5.82 Å². The number of piperidine rings is 1. The molecule has 0 aliphatic carbocycles. The number of unbranched alkanes of at least 4 members (excludes halogenated alkanes) is 1. The molecule has 1 saturated heterocycles. The van der Waals surface area contributed by atoms with Crippen molar-refractivity contribution >= 4 is 29.9 Å². The van der Waals surface area contributed by atoms with Crippen molar-refractivity contribution in [2.75, 3.05) is 26.2 Å². The number of imidazole rings is 1. The van der Waals surface area contributed by atoms with E-state index in [1.54, 1.807) is 0 Å². The van der Waals surface area contributed by atoms with Crippen LogP contribution in [-0.4, -0.2) is 46.6 Å². The van der Waals surface area contributed by atoms with E-state index in [1.807, 2.05) is 19.3 Å². The second-order valence-electron chi connectivity index (χ2n) is 8.15. The molecule has 2 heterocycles. The number of aliphatic imine (C=N–C) groups is 1. The predicted octanol–water partition coefficient (Wildman–Crippen LogP) is 4.33. The summed E-state index contributed by atoms with van der Waals surface area (Å²) < 4.78 is 2.20. The fourth-order valence-corrected chi connectivity index (χ4v) is 3.89. The molecule has 1 aliphatic rings. The molecule has 0 unspecified atom stereocenters. The Kier molecular flexibility index (Phi) is 12.0. The van der Waals surface area contributed by atoms with Gasteiger partial charge in [-0.25, -0.2) is 9.98 Å². The number of aryl methyl sites for hydroxylation is 2. The predicted molar refractivity (Wildman–Crippen MR) is 140 cm³/mol. The van der Waals surface area contributed by atoms with Gasteiger partial charge >= 0.3 is 0 Å². The van der Waals surface area contributed by atoms with Crippen molar-refractivity contribution in [2.24, 2.45) is 4.99 Å². The van der Waals surface area contributed by atoms with Crippen LogP contribution in [0.1, 0.15) is 56.0 Å². The maximum Gasteiger partial charge on any atom is 0.191 e. The Bertz CT molecular complexity index is 765. The molecule has 2 aromatic rings. The molecular weight excluding hydrogens is 499 g/mol. The summed E-state index contributed by atoms with van der Waals surface area (Å²) in [5.41, 5.74) is 2.66. The minimum Gasteiger partial charge on any atom is -0.357 e. The fraction of sp³-hybridized carbons (Fsp3) is 0.583. The van der Waals surface area contributed by atoms with Gasteiger partial charge in [-0.05, 0) is 63.7 Å². The smallest absolute Gasteiger partial charge is 0.191 e. The number of benzene rings is 1. The van der Waals surface area contributed by atoms with Gasteiger partial charge in [-0.15, -0.1) is 24.0 Å². The number of guanidine groups is 1. The van der Waals surface area contributed by atoms with Crippen molar-refractivity contribution in [3.05, 3.63) is 53.6 Å². The zero-order chi connectivity index (χ0) is 21.0. The highest BCUT2D eigenvalue weighted by Gasteiger charge is 2.10. The van der Waals surface area contributed by atoms with E-state index in [1.165, 1.54) is 43.5 Å². The lowest BCUT2D eigenvalue weighted by Gasteiger charge is -2.26. The zero-order valence-electron chi connectivity index (χ0n) is 19.1. The van der Waals surface area contributed by atoms with Crippen LogP contribution in [0.3, 0.4) is 0 Å². The lowest BCUT2D eigenvalue weighted by molar-refractivity contribution is 0.221. The molecular formula is C24H39IN6. The molecule has 0 atom stereocenters. The van der Waals surface area contributed by atoms with Crippen LogP contribution < -0.4 is 10.6 Å². The molecule has 2 N–H and O–H groups in total. The standard InChI is InChI=1S/C24H38N6.HI/c1-3-25-24(27-13-5-8-17-30-18-14-26-21(30)2)28-19-22-9-11-23(12-10-22)20-29-15-6-4-7-16-29;/h9-12,14,18H,3-8,13,15-17,19-20H2,1-2H3,(H2,25,27,28);1H. The van der Waals surface area contributed by atoms with Crippen LogP contribution in [-0.2, 0) is 19.6 Å². The molecule has 0 amide bonds. The van der Waals surface area contributed by atoms with Gasteiger partial charge < -0.3 is 15.2 Å². The number of aromatic nitrogens is 2. The average Bonchev–Trinajstić information content (AvgIpc) is 3.18. The topological polar surface area (TPSA) is 57.5 Å². The van der Waals surface area contributed by atoms with Crippen molar-refractivity contribution in [1.29, 1.82) is 0 Å². The highest BCUT2D eigenvalue weighted by Crippen LogP contribution is 2.14. The number of nitrogens with one attached hydrogen (secondary N) is 2. The van der Waals surface area contributed by atoms with E-state index in [0.717, 1.165) is 50.8 Å². The molecule has 0 bridgehead atoms. The van der Waals surface area contributed by atoms with E-state index in [-0.39, 0.29) is 24.0 Å². The van der Waals surface area contributed by atoms with E-state index in [2.05, 4.69) is 56.3 Å². The van der Waals surface area contributed by atoms with Gasteiger partial charge in [-0.1, -0.05) is 30.7 Å². The first-order valence-corrected chi connectivity index (χ1v) is 11.5. The van der Waals surface area contributed by atoms with Crippen molar-refractivity contribution in [3.63, 3.8) is 0 Å². The van der Waals surface area contributed by atoms with Crippen molar-refractivity contribution < 1.29 is 0 Å². The van der Waals surface area contributed by atoms with Gasteiger partial charge in [0.05, 0.1) is 6.54 Å². The van der Waals surface area contributed by atoms with Crippen LogP contribution in [0.5, 0.6) is 0 Å². The summed E-state index contributed by atoms with van der Waals surface area (Å²) in [5, 5.41) is 6.81. The third-order valence-electron chi connectivity index (χ3n) is 5.68. The average molecular weight is 539 g/mol. The fourth-order valence-electron chi connectivity index (χ4n) is 3.89. The second-order valence-corrected chi connectivity index (χ2v) is 8.15. The molecule has 0 saturated carbocycles. The summed E-state index contributed by atoms with van der Waals surface area (Å²) in [6.45, 7) is 11.2. The monoisotopic (exact) mass is 538 g/mol. The molecule has 3 rings (SSSR count). The number of hydrogen-bond donors (Lipinski definition) is 2. The van der Waals surface area contributed by atoms with Gasteiger partial charge in [0.25, 0.3) is 0 Å². The van der Waals surface area contributed by atoms with Crippen LogP contribution in [0, 0.1) is 6.92 Å². The van der Waals surface area contributed by atoms with Gasteiger partial charge in [0.15, 0.2) is 5.96 Å². The van der Waals surface area contributed by atoms with E-state index in [0.29, 0.717) is 6.54 Å². The molecule has 1 aliphatic heterocycles. The second kappa shape index (κ2) is 14.5. The van der Waals surface area contributed by atoms with E-state index in [4.69, 9.17) is 4.99 Å². The first-order chi connectivity index (χ1) is 14.7. The molecule has 0 radical (unpaired) electrons. The summed E-state index contributed by atoms with van der Waals surface area (Å²) in [6, 6.07) is 8.97. The molecule has 1 aromatic heterocycles. The summed E-state index contributed by atoms with van der Waals surface area (Å²) in [6.07, 6.45) is 10.2. The van der Waals surface area contributed by atoms with Gasteiger partial charge in [-0.3, -0.25) is 4.90 Å². The Balaban J connectivity index is 0.00000341. The minimum absolute atomic E-state index is 0. The molecule has 0 spiro atoms. The van der Waals surface area contributed by atoms with Crippen molar-refractivity contribution in [2.45, 2.75) is 65.6 Å². The molecule has 1 aromatic carbocycles. The molecule has 1 fully saturated rings. The van der Waals surface area contributed by atoms with Crippen LogP contribution in [0.4, 0.5) is 0 Å². The van der Waals surface area contributed by atoms with Crippen LogP contribution in [0.15, 0.2) is 41.7 Å². The summed E-state index contributed by atoms with van der Waals surface area (Å²) in [5.74, 6) is 1.98. The molecule has 6 nitrogen and oxygen atoms in total. The first-order valence-electron chi connectivity index (χ1n) is 11.5. The van der Waals surface area contributed by atoms with Crippen molar-refractivity contribution in [3.8, 4) is 0 Å². The molecule has 172 valence electrons. The maximum absolute atomic E-state index is 4.76. The quantitative estimate of drug-likeness (QED) is 0.205. The van der Waals surface area contributed by atoms with E-state index < -0.39 is 0 Å².